The Balaban J connectivity index is 2.14. The van der Waals surface area contributed by atoms with Crippen molar-refractivity contribution in [2.75, 3.05) is 5.32 Å². The van der Waals surface area contributed by atoms with Gasteiger partial charge >= 0.3 is 5.97 Å². The first kappa shape index (κ1) is 14.5. The average molecular weight is 279 g/mol. The third kappa shape index (κ3) is 2.98. The molecule has 2 atom stereocenters. The minimum absolute atomic E-state index is 0.328. The lowest BCUT2D eigenvalue weighted by Crippen LogP contribution is -2.36. The molecule has 1 aromatic carbocycles. The second-order valence-electron chi connectivity index (χ2n) is 5.24. The zero-order valence-electron chi connectivity index (χ0n) is 11.4. The summed E-state index contributed by atoms with van der Waals surface area (Å²) in [6, 6.07) is 4.47. The molecule has 1 aliphatic rings. The van der Waals surface area contributed by atoms with Crippen molar-refractivity contribution in [2.24, 2.45) is 11.8 Å². The topological polar surface area (TPSA) is 66.4 Å². The summed E-state index contributed by atoms with van der Waals surface area (Å²) in [6.07, 6.45) is 2.77. The highest BCUT2D eigenvalue weighted by Crippen LogP contribution is 2.31. The van der Waals surface area contributed by atoms with Gasteiger partial charge in [0.25, 0.3) is 0 Å². The Morgan fingerprint density at radius 2 is 1.90 bits per heavy atom. The van der Waals surface area contributed by atoms with Crippen molar-refractivity contribution in [2.45, 2.75) is 32.6 Å². The quantitative estimate of drug-likeness (QED) is 0.894. The Bertz CT molecular complexity index is 530. The van der Waals surface area contributed by atoms with Crippen LogP contribution in [0.3, 0.4) is 0 Å². The first-order valence-corrected chi connectivity index (χ1v) is 6.79. The summed E-state index contributed by atoms with van der Waals surface area (Å²) in [5.41, 5.74) is 0.772. The van der Waals surface area contributed by atoms with E-state index in [1.165, 1.54) is 12.1 Å². The molecule has 0 heterocycles. The van der Waals surface area contributed by atoms with Gasteiger partial charge in [-0.2, -0.15) is 0 Å². The van der Waals surface area contributed by atoms with Gasteiger partial charge in [-0.25, -0.2) is 4.39 Å². The lowest BCUT2D eigenvalue weighted by Gasteiger charge is -2.27. The summed E-state index contributed by atoms with van der Waals surface area (Å²) in [5, 5.41) is 11.8. The van der Waals surface area contributed by atoms with E-state index in [0.29, 0.717) is 24.1 Å². The van der Waals surface area contributed by atoms with E-state index in [1.807, 2.05) is 0 Å². The largest absolute Gasteiger partial charge is 0.481 e. The molecule has 0 aromatic heterocycles. The summed E-state index contributed by atoms with van der Waals surface area (Å²) in [7, 11) is 0. The summed E-state index contributed by atoms with van der Waals surface area (Å²) in [4.78, 5) is 23.5. The zero-order valence-corrected chi connectivity index (χ0v) is 11.4. The maximum atomic E-state index is 13.4. The molecular formula is C15H18FNO3. The number of hydrogen-bond acceptors (Lipinski definition) is 2. The number of halogens is 1. The Morgan fingerprint density at radius 1 is 1.25 bits per heavy atom. The first-order valence-electron chi connectivity index (χ1n) is 6.79. The predicted molar refractivity (Wildman–Crippen MR) is 72.9 cm³/mol. The predicted octanol–water partition coefficient (Wildman–Crippen LogP) is 2.96. The minimum atomic E-state index is -0.930. The number of anilines is 1. The van der Waals surface area contributed by atoms with E-state index < -0.39 is 17.8 Å². The number of carbonyl (C=O) groups excluding carboxylic acids is 1. The van der Waals surface area contributed by atoms with Crippen LogP contribution in [0.15, 0.2) is 18.2 Å². The lowest BCUT2D eigenvalue weighted by molar-refractivity contribution is -0.147. The summed E-state index contributed by atoms with van der Waals surface area (Å²) < 4.78 is 13.4. The zero-order chi connectivity index (χ0) is 14.7. The first-order chi connectivity index (χ1) is 9.50. The number of aliphatic carboxylic acids is 1. The second-order valence-corrected chi connectivity index (χ2v) is 5.24. The molecular weight excluding hydrogens is 261 g/mol. The molecule has 1 aromatic rings. The number of carbonyl (C=O) groups is 2. The van der Waals surface area contributed by atoms with Crippen LogP contribution >= 0.6 is 0 Å². The van der Waals surface area contributed by atoms with Crippen molar-refractivity contribution in [3.63, 3.8) is 0 Å². The normalized spacial score (nSPS) is 22.3. The van der Waals surface area contributed by atoms with E-state index in [1.54, 1.807) is 13.0 Å². The molecule has 0 spiro atoms. The number of carboxylic acids is 1. The van der Waals surface area contributed by atoms with Gasteiger partial charge in [0.15, 0.2) is 0 Å². The summed E-state index contributed by atoms with van der Waals surface area (Å²) in [5.74, 6) is -2.82. The van der Waals surface area contributed by atoms with E-state index in [2.05, 4.69) is 5.32 Å². The fourth-order valence-corrected chi connectivity index (χ4v) is 2.71. The number of hydrogen-bond donors (Lipinski definition) is 2. The van der Waals surface area contributed by atoms with E-state index in [0.717, 1.165) is 12.8 Å². The molecule has 20 heavy (non-hydrogen) atoms. The van der Waals surface area contributed by atoms with Gasteiger partial charge in [0.05, 0.1) is 11.8 Å². The fraction of sp³-hybridized carbons (Fsp3) is 0.467. The van der Waals surface area contributed by atoms with Crippen molar-refractivity contribution in [3.8, 4) is 0 Å². The molecule has 1 fully saturated rings. The molecule has 0 radical (unpaired) electrons. The number of benzene rings is 1. The van der Waals surface area contributed by atoms with Crippen LogP contribution in [-0.4, -0.2) is 17.0 Å². The Labute approximate surface area is 117 Å². The van der Waals surface area contributed by atoms with Crippen LogP contribution in [0, 0.1) is 24.6 Å². The molecule has 1 saturated carbocycles. The van der Waals surface area contributed by atoms with Gasteiger partial charge in [0, 0.05) is 11.3 Å². The molecule has 108 valence electrons. The van der Waals surface area contributed by atoms with Crippen molar-refractivity contribution in [1.82, 2.24) is 0 Å². The highest BCUT2D eigenvalue weighted by molar-refractivity contribution is 5.95. The Morgan fingerprint density at radius 3 is 2.55 bits per heavy atom. The molecule has 5 heteroatoms. The summed E-state index contributed by atoms with van der Waals surface area (Å²) in [6.45, 7) is 1.58. The fourth-order valence-electron chi connectivity index (χ4n) is 2.71. The molecule has 2 rings (SSSR count). The van der Waals surface area contributed by atoms with Crippen LogP contribution in [0.4, 0.5) is 10.1 Å². The molecule has 1 amide bonds. The number of amides is 1. The van der Waals surface area contributed by atoms with Gasteiger partial charge < -0.3 is 10.4 Å². The second kappa shape index (κ2) is 6.03. The smallest absolute Gasteiger partial charge is 0.307 e. The van der Waals surface area contributed by atoms with E-state index >= 15 is 0 Å². The maximum absolute atomic E-state index is 13.4. The van der Waals surface area contributed by atoms with Crippen LogP contribution < -0.4 is 5.32 Å². The highest BCUT2D eigenvalue weighted by Gasteiger charge is 2.35. The maximum Gasteiger partial charge on any atom is 0.307 e. The standard InChI is InChI=1S/C15H18FNO3/c1-9-12(16)7-4-8-13(9)17-14(18)10-5-2-3-6-11(10)15(19)20/h4,7-8,10-11H,2-3,5-6H2,1H3,(H,17,18)(H,19,20). The molecule has 2 N–H and O–H groups in total. The molecule has 0 aliphatic heterocycles. The summed E-state index contributed by atoms with van der Waals surface area (Å²) >= 11 is 0. The Hall–Kier alpha value is -1.91. The molecule has 2 unspecified atom stereocenters. The molecule has 4 nitrogen and oxygen atoms in total. The number of nitrogens with one attached hydrogen (secondary N) is 1. The third-order valence-electron chi connectivity index (χ3n) is 3.95. The molecule has 0 saturated heterocycles. The van der Waals surface area contributed by atoms with Crippen LogP contribution in [0.25, 0.3) is 0 Å². The number of carboxylic acid groups (broad SMARTS) is 1. The van der Waals surface area contributed by atoms with Crippen molar-refractivity contribution >= 4 is 17.6 Å². The average Bonchev–Trinajstić information content (AvgIpc) is 2.43. The van der Waals surface area contributed by atoms with Crippen molar-refractivity contribution in [1.29, 1.82) is 0 Å². The van der Waals surface area contributed by atoms with E-state index in [9.17, 15) is 19.1 Å². The van der Waals surface area contributed by atoms with Gasteiger partial charge in [-0.05, 0) is 31.9 Å². The van der Waals surface area contributed by atoms with Gasteiger partial charge in [-0.15, -0.1) is 0 Å². The van der Waals surface area contributed by atoms with E-state index in [4.69, 9.17) is 0 Å². The van der Waals surface area contributed by atoms with Gasteiger partial charge in [0.1, 0.15) is 5.82 Å². The molecule has 0 bridgehead atoms. The SMILES string of the molecule is Cc1c(F)cccc1NC(=O)C1CCCCC1C(=O)O. The Kier molecular flexibility index (Phi) is 4.37. The lowest BCUT2D eigenvalue weighted by atomic mass is 9.78. The van der Waals surface area contributed by atoms with Crippen molar-refractivity contribution < 1.29 is 19.1 Å². The molecule has 1 aliphatic carbocycles. The third-order valence-corrected chi connectivity index (χ3v) is 3.95. The van der Waals surface area contributed by atoms with Crippen LogP contribution in [-0.2, 0) is 9.59 Å². The van der Waals surface area contributed by atoms with Crippen LogP contribution in [0.5, 0.6) is 0 Å². The highest BCUT2D eigenvalue weighted by atomic mass is 19.1. The van der Waals surface area contributed by atoms with Crippen LogP contribution in [0.1, 0.15) is 31.2 Å². The van der Waals surface area contributed by atoms with Crippen molar-refractivity contribution in [3.05, 3.63) is 29.6 Å². The van der Waals surface area contributed by atoms with Gasteiger partial charge in [-0.1, -0.05) is 18.9 Å². The van der Waals surface area contributed by atoms with E-state index in [-0.39, 0.29) is 11.7 Å². The van der Waals surface area contributed by atoms with Gasteiger partial charge in [-0.3, -0.25) is 9.59 Å². The number of rotatable bonds is 3. The van der Waals surface area contributed by atoms with Gasteiger partial charge in [0.2, 0.25) is 5.91 Å². The monoisotopic (exact) mass is 279 g/mol. The minimum Gasteiger partial charge on any atom is -0.481 e. The van der Waals surface area contributed by atoms with Crippen LogP contribution in [0.2, 0.25) is 0 Å².